The topological polar surface area (TPSA) is 12.0 Å². The predicted molar refractivity (Wildman–Crippen MR) is 55.0 cm³/mol. The highest BCUT2D eigenvalue weighted by Crippen LogP contribution is 2.10. The molecule has 0 radical (unpaired) electrons. The number of benzene rings is 1. The van der Waals surface area contributed by atoms with Gasteiger partial charge in [-0.1, -0.05) is 38.2 Å². The van der Waals surface area contributed by atoms with E-state index in [2.05, 4.69) is 17.5 Å². The van der Waals surface area contributed by atoms with Crippen molar-refractivity contribution < 1.29 is 4.39 Å². The Morgan fingerprint density at radius 1 is 1.33 bits per heavy atom. The van der Waals surface area contributed by atoms with Gasteiger partial charge in [0.25, 0.3) is 0 Å². The zero-order valence-corrected chi connectivity index (χ0v) is 7.99. The normalized spacial score (nSPS) is 7.92. The number of anilines is 1. The van der Waals surface area contributed by atoms with Crippen molar-refractivity contribution in [3.05, 3.63) is 30.1 Å². The molecule has 0 spiro atoms. The van der Waals surface area contributed by atoms with E-state index in [1.165, 1.54) is 11.6 Å². The minimum Gasteiger partial charge on any atom is -0.350 e. The van der Waals surface area contributed by atoms with E-state index in [-0.39, 0.29) is 5.82 Å². The van der Waals surface area contributed by atoms with E-state index in [1.807, 2.05) is 13.8 Å². The Bertz CT molecular complexity index is 238. The number of hydrogen-bond acceptors (Lipinski definition) is 1. The molecule has 0 atom stereocenters. The molecule has 0 saturated heterocycles. The van der Waals surface area contributed by atoms with Crippen molar-refractivity contribution in [1.29, 1.82) is 0 Å². The van der Waals surface area contributed by atoms with Crippen molar-refractivity contribution >= 4 is 23.4 Å². The third kappa shape index (κ3) is 3.44. The summed E-state index contributed by atoms with van der Waals surface area (Å²) in [5.41, 5.74) is 1.69. The molecule has 1 nitrogen and oxygen atoms in total. The van der Waals surface area contributed by atoms with E-state index < -0.39 is 0 Å². The lowest BCUT2D eigenvalue weighted by molar-refractivity contribution is 0.632. The minimum atomic E-state index is -0.288. The Hall–Kier alpha value is -0.960. The highest BCUT2D eigenvalue weighted by Gasteiger charge is 1.94. The van der Waals surface area contributed by atoms with Gasteiger partial charge in [0.15, 0.2) is 0 Å². The van der Waals surface area contributed by atoms with E-state index in [0.29, 0.717) is 5.69 Å². The first-order chi connectivity index (χ1) is 5.84. The molecular formula is C9H12FNS. The average molecular weight is 185 g/mol. The van der Waals surface area contributed by atoms with Gasteiger partial charge in [-0.25, -0.2) is 4.39 Å². The molecule has 12 heavy (non-hydrogen) atoms. The molecule has 1 N–H and O–H groups in total. The second kappa shape index (κ2) is 6.73. The van der Waals surface area contributed by atoms with E-state index in [0.717, 1.165) is 0 Å². The van der Waals surface area contributed by atoms with Crippen LogP contribution < -0.4 is 5.32 Å². The highest BCUT2D eigenvalue weighted by molar-refractivity contribution is 7.79. The number of nitrogens with one attached hydrogen (secondary N) is 1. The quantitative estimate of drug-likeness (QED) is 0.710. The SMILES string of the molecule is CC.Fc1ccccc1NC=S. The van der Waals surface area contributed by atoms with Crippen LogP contribution >= 0.6 is 12.2 Å². The maximum Gasteiger partial charge on any atom is 0.146 e. The van der Waals surface area contributed by atoms with Crippen LogP contribution in [0.5, 0.6) is 0 Å². The summed E-state index contributed by atoms with van der Waals surface area (Å²) in [4.78, 5) is 0. The lowest BCUT2D eigenvalue weighted by Gasteiger charge is -1.98. The first-order valence-electron chi connectivity index (χ1n) is 3.79. The van der Waals surface area contributed by atoms with Gasteiger partial charge in [-0.3, -0.25) is 0 Å². The summed E-state index contributed by atoms with van der Waals surface area (Å²) in [6.45, 7) is 4.00. The standard InChI is InChI=1S/C7H6FNS.C2H6/c8-6-3-1-2-4-7(6)9-5-10;1-2/h1-5H,(H,9,10);1-2H3. The fraction of sp³-hybridized carbons (Fsp3) is 0.222. The molecule has 1 aromatic rings. The van der Waals surface area contributed by atoms with Gasteiger partial charge in [0.2, 0.25) is 0 Å². The van der Waals surface area contributed by atoms with Crippen molar-refractivity contribution in [1.82, 2.24) is 0 Å². The maximum absolute atomic E-state index is 12.6. The number of hydrogen-bond donors (Lipinski definition) is 1. The molecule has 0 saturated carbocycles. The van der Waals surface area contributed by atoms with Gasteiger partial charge in [-0.2, -0.15) is 0 Å². The molecule has 0 fully saturated rings. The summed E-state index contributed by atoms with van der Waals surface area (Å²) in [6, 6.07) is 6.37. The number of halogens is 1. The lowest BCUT2D eigenvalue weighted by Crippen LogP contribution is -1.93. The fourth-order valence-corrected chi connectivity index (χ4v) is 0.769. The second-order valence-electron chi connectivity index (χ2n) is 1.74. The molecule has 0 aliphatic heterocycles. The van der Waals surface area contributed by atoms with Crippen LogP contribution in [0.1, 0.15) is 13.8 Å². The van der Waals surface area contributed by atoms with Crippen molar-refractivity contribution in [2.24, 2.45) is 0 Å². The third-order valence-electron chi connectivity index (χ3n) is 1.09. The largest absolute Gasteiger partial charge is 0.350 e. The van der Waals surface area contributed by atoms with Gasteiger partial charge >= 0.3 is 0 Å². The maximum atomic E-state index is 12.6. The molecule has 0 amide bonds. The van der Waals surface area contributed by atoms with Gasteiger partial charge in [0.1, 0.15) is 5.82 Å². The zero-order valence-electron chi connectivity index (χ0n) is 7.17. The van der Waals surface area contributed by atoms with Gasteiger partial charge in [-0.05, 0) is 12.1 Å². The Kier molecular flexibility index (Phi) is 6.19. The first-order valence-corrected chi connectivity index (χ1v) is 4.26. The number of rotatable bonds is 2. The van der Waals surface area contributed by atoms with E-state index >= 15 is 0 Å². The van der Waals surface area contributed by atoms with Gasteiger partial charge in [0, 0.05) is 0 Å². The smallest absolute Gasteiger partial charge is 0.146 e. The monoisotopic (exact) mass is 185 g/mol. The van der Waals surface area contributed by atoms with Crippen LogP contribution in [0.4, 0.5) is 10.1 Å². The molecule has 1 aromatic carbocycles. The minimum absolute atomic E-state index is 0.288. The zero-order chi connectivity index (χ0) is 9.40. The van der Waals surface area contributed by atoms with Crippen LogP contribution in [-0.4, -0.2) is 5.49 Å². The molecule has 0 aliphatic carbocycles. The molecule has 3 heteroatoms. The number of para-hydroxylation sites is 1. The molecule has 0 heterocycles. The second-order valence-corrected chi connectivity index (χ2v) is 1.98. The third-order valence-corrected chi connectivity index (χ3v) is 1.21. The number of thiocarbonyl (C=S) groups is 1. The van der Waals surface area contributed by atoms with Crippen molar-refractivity contribution in [3.8, 4) is 0 Å². The summed E-state index contributed by atoms with van der Waals surface area (Å²) < 4.78 is 12.6. The summed E-state index contributed by atoms with van der Waals surface area (Å²) in [5.74, 6) is -0.288. The van der Waals surface area contributed by atoms with Crippen molar-refractivity contribution in [2.45, 2.75) is 13.8 Å². The van der Waals surface area contributed by atoms with Crippen LogP contribution in [0, 0.1) is 5.82 Å². The molecule has 0 aliphatic rings. The van der Waals surface area contributed by atoms with Gasteiger partial charge in [0.05, 0.1) is 11.2 Å². The summed E-state index contributed by atoms with van der Waals surface area (Å²) in [5, 5.41) is 2.59. The van der Waals surface area contributed by atoms with Crippen LogP contribution in [0.2, 0.25) is 0 Å². The Balaban J connectivity index is 0.000000561. The van der Waals surface area contributed by atoms with Gasteiger partial charge < -0.3 is 5.32 Å². The van der Waals surface area contributed by atoms with Crippen LogP contribution in [-0.2, 0) is 0 Å². The van der Waals surface area contributed by atoms with E-state index in [4.69, 9.17) is 0 Å². The average Bonchev–Trinajstić information content (AvgIpc) is 2.13. The highest BCUT2D eigenvalue weighted by atomic mass is 32.1. The molecule has 0 aromatic heterocycles. The predicted octanol–water partition coefficient (Wildman–Crippen LogP) is 3.22. The molecule has 66 valence electrons. The summed E-state index contributed by atoms with van der Waals surface area (Å²) >= 11 is 4.49. The van der Waals surface area contributed by atoms with Crippen LogP contribution in [0.15, 0.2) is 24.3 Å². The molecule has 1 rings (SSSR count). The Morgan fingerprint density at radius 2 is 1.92 bits per heavy atom. The lowest BCUT2D eigenvalue weighted by atomic mass is 10.3. The Morgan fingerprint density at radius 3 is 2.42 bits per heavy atom. The van der Waals surface area contributed by atoms with Gasteiger partial charge in [-0.15, -0.1) is 0 Å². The summed E-state index contributed by atoms with van der Waals surface area (Å²) in [7, 11) is 0. The first kappa shape index (κ1) is 11.0. The molecule has 0 bridgehead atoms. The van der Waals surface area contributed by atoms with E-state index in [1.54, 1.807) is 18.2 Å². The Labute approximate surface area is 77.6 Å². The summed E-state index contributed by atoms with van der Waals surface area (Å²) in [6.07, 6.45) is 0. The van der Waals surface area contributed by atoms with Crippen LogP contribution in [0.3, 0.4) is 0 Å². The van der Waals surface area contributed by atoms with Crippen molar-refractivity contribution in [2.75, 3.05) is 5.32 Å². The molecular weight excluding hydrogens is 173 g/mol. The molecule has 0 unspecified atom stereocenters. The van der Waals surface area contributed by atoms with Crippen LogP contribution in [0.25, 0.3) is 0 Å². The van der Waals surface area contributed by atoms with Crippen molar-refractivity contribution in [3.63, 3.8) is 0 Å². The fourth-order valence-electron chi connectivity index (χ4n) is 0.642. The van der Waals surface area contributed by atoms with E-state index in [9.17, 15) is 4.39 Å².